The van der Waals surface area contributed by atoms with Gasteiger partial charge in [-0.15, -0.1) is 0 Å². The van der Waals surface area contributed by atoms with Gasteiger partial charge in [-0.25, -0.2) is 19.6 Å². The number of imidazole rings is 2. The number of benzene rings is 4. The van der Waals surface area contributed by atoms with Gasteiger partial charge in [0.15, 0.2) is 0 Å². The first-order valence-electron chi connectivity index (χ1n) is 21.4. The maximum atomic E-state index is 12.4. The summed E-state index contributed by atoms with van der Waals surface area (Å²) in [6.07, 6.45) is 6.22. The van der Waals surface area contributed by atoms with E-state index in [1.54, 1.807) is 48.5 Å². The lowest BCUT2D eigenvalue weighted by atomic mass is 9.70. The van der Waals surface area contributed by atoms with E-state index < -0.39 is 25.2 Å². The number of anilines is 4. The highest BCUT2D eigenvalue weighted by molar-refractivity contribution is 5.94. The molecular formula is C48H54F4N6O6. The molecule has 0 saturated heterocycles. The van der Waals surface area contributed by atoms with Crippen LogP contribution >= 0.6 is 0 Å². The third kappa shape index (κ3) is 10.9. The average molecular weight is 887 g/mol. The number of ether oxygens (including phenoxy) is 2. The largest absolute Gasteiger partial charge is 0.478 e. The minimum absolute atomic E-state index is 0.0769. The molecule has 4 atom stereocenters. The van der Waals surface area contributed by atoms with Crippen molar-refractivity contribution < 1.29 is 46.8 Å². The van der Waals surface area contributed by atoms with E-state index in [-0.39, 0.29) is 45.5 Å². The maximum absolute atomic E-state index is 12.4. The molecule has 0 spiro atoms. The van der Waals surface area contributed by atoms with Crippen molar-refractivity contribution in [1.82, 2.24) is 19.1 Å². The Morgan fingerprint density at radius 2 is 0.969 bits per heavy atom. The third-order valence-electron chi connectivity index (χ3n) is 12.0. The molecule has 0 bridgehead atoms. The molecule has 8 rings (SSSR count). The third-order valence-corrected chi connectivity index (χ3v) is 12.0. The van der Waals surface area contributed by atoms with Gasteiger partial charge in [-0.05, 0) is 146 Å². The molecule has 64 heavy (non-hydrogen) atoms. The van der Waals surface area contributed by atoms with E-state index in [0.717, 1.165) is 49.6 Å². The summed E-state index contributed by atoms with van der Waals surface area (Å²) < 4.78 is 62.9. The van der Waals surface area contributed by atoms with Crippen LogP contribution in [0.1, 0.15) is 113 Å². The fraction of sp³-hybridized carbons (Fsp3) is 0.417. The van der Waals surface area contributed by atoms with Gasteiger partial charge in [0, 0.05) is 23.5 Å². The first-order chi connectivity index (χ1) is 30.2. The van der Waals surface area contributed by atoms with Crippen LogP contribution in [0.2, 0.25) is 0 Å². The normalized spacial score (nSPS) is 20.4. The van der Waals surface area contributed by atoms with Crippen LogP contribution in [-0.2, 0) is 0 Å². The van der Waals surface area contributed by atoms with E-state index in [2.05, 4.69) is 70.8 Å². The lowest BCUT2D eigenvalue weighted by molar-refractivity contribution is -0.0505. The number of alkyl halides is 4. The highest BCUT2D eigenvalue weighted by atomic mass is 19.3. The minimum Gasteiger partial charge on any atom is -0.478 e. The first kappa shape index (κ1) is 45.7. The van der Waals surface area contributed by atoms with Gasteiger partial charge in [-0.2, -0.15) is 17.6 Å². The van der Waals surface area contributed by atoms with Crippen molar-refractivity contribution >= 4 is 57.3 Å². The Morgan fingerprint density at radius 1 is 0.609 bits per heavy atom. The van der Waals surface area contributed by atoms with Crippen LogP contribution < -0.4 is 20.1 Å². The predicted octanol–water partition coefficient (Wildman–Crippen LogP) is 12.9. The number of nitrogens with zero attached hydrogens (tertiary/aromatic N) is 4. The van der Waals surface area contributed by atoms with Gasteiger partial charge in [-0.3, -0.25) is 0 Å². The van der Waals surface area contributed by atoms with Crippen LogP contribution in [0.4, 0.5) is 40.8 Å². The lowest BCUT2D eigenvalue weighted by Gasteiger charge is -2.40. The van der Waals surface area contributed by atoms with Crippen molar-refractivity contribution in [2.45, 2.75) is 105 Å². The van der Waals surface area contributed by atoms with Crippen LogP contribution in [0, 0.1) is 22.7 Å². The zero-order chi connectivity index (χ0) is 46.1. The maximum Gasteiger partial charge on any atom is 0.387 e. The molecule has 340 valence electrons. The predicted molar refractivity (Wildman–Crippen MR) is 238 cm³/mol. The Hall–Kier alpha value is -6.32. The number of carboxylic acid groups (broad SMARTS) is 2. The fourth-order valence-electron chi connectivity index (χ4n) is 10.1. The van der Waals surface area contributed by atoms with E-state index in [1.165, 1.54) is 24.3 Å². The van der Waals surface area contributed by atoms with E-state index in [1.807, 2.05) is 12.1 Å². The number of rotatable bonds is 12. The van der Waals surface area contributed by atoms with Gasteiger partial charge in [-0.1, -0.05) is 41.5 Å². The van der Waals surface area contributed by atoms with Crippen LogP contribution in [-0.4, -0.2) is 54.5 Å². The Bertz CT molecular complexity index is 2430. The van der Waals surface area contributed by atoms with Crippen LogP contribution in [0.15, 0.2) is 84.9 Å². The molecule has 4 aromatic carbocycles. The summed E-state index contributed by atoms with van der Waals surface area (Å²) in [6, 6.07) is 22.8. The molecule has 0 amide bonds. The Kier molecular flexibility index (Phi) is 13.1. The molecule has 0 aliphatic heterocycles. The summed E-state index contributed by atoms with van der Waals surface area (Å²) in [5, 5.41) is 25.3. The smallest absolute Gasteiger partial charge is 0.387 e. The lowest BCUT2D eigenvalue weighted by Crippen LogP contribution is -2.29. The van der Waals surface area contributed by atoms with Crippen LogP contribution in [0.5, 0.6) is 11.5 Å². The van der Waals surface area contributed by atoms with Gasteiger partial charge in [0.25, 0.3) is 0 Å². The molecule has 2 aliphatic rings. The van der Waals surface area contributed by atoms with Gasteiger partial charge in [0.2, 0.25) is 11.9 Å². The number of hydrogen-bond acceptors (Lipinski definition) is 8. The molecule has 0 unspecified atom stereocenters. The van der Waals surface area contributed by atoms with Crippen molar-refractivity contribution in [1.29, 1.82) is 0 Å². The van der Waals surface area contributed by atoms with E-state index >= 15 is 0 Å². The van der Waals surface area contributed by atoms with E-state index in [9.17, 15) is 37.4 Å². The molecule has 12 nitrogen and oxygen atoms in total. The second-order valence-corrected chi connectivity index (χ2v) is 18.8. The number of carbonyl (C=O) groups is 2. The zero-order valence-electron chi connectivity index (χ0n) is 36.6. The zero-order valence-corrected chi connectivity index (χ0v) is 36.6. The number of nitrogens with one attached hydrogen (secondary N) is 2. The standard InChI is InChI=1S/2C24H27F2N3O3/c2*1-14-10-17(13-24(2,3)12-14)29-20-9-4-15(21(30)31)11-19(20)28-23(29)27-16-5-7-18(8-6-16)32-22(25)26/h2*4-9,11,14,17,22H,10,12-13H2,1-3H3,(H,27,28)(H,30,31)/t2*14-,17+/m10/s1. The molecule has 2 aliphatic carbocycles. The van der Waals surface area contributed by atoms with Crippen molar-refractivity contribution in [2.24, 2.45) is 22.7 Å². The van der Waals surface area contributed by atoms with E-state index in [0.29, 0.717) is 46.1 Å². The summed E-state index contributed by atoms with van der Waals surface area (Å²) in [6.45, 7) is 7.84. The Balaban J connectivity index is 0.000000191. The summed E-state index contributed by atoms with van der Waals surface area (Å²) in [4.78, 5) is 32.3. The monoisotopic (exact) mass is 886 g/mol. The number of fused-ring (bicyclic) bond motifs is 2. The molecule has 0 radical (unpaired) electrons. The van der Waals surface area contributed by atoms with Crippen LogP contribution in [0.3, 0.4) is 0 Å². The molecule has 4 N–H and O–H groups in total. The van der Waals surface area contributed by atoms with Crippen LogP contribution in [0.25, 0.3) is 22.1 Å². The molecule has 6 aromatic rings. The van der Waals surface area contributed by atoms with Crippen molar-refractivity contribution in [2.75, 3.05) is 10.6 Å². The summed E-state index contributed by atoms with van der Waals surface area (Å²) in [7, 11) is 0. The quantitative estimate of drug-likeness (QED) is 0.0874. The average Bonchev–Trinajstić information content (AvgIpc) is 3.74. The van der Waals surface area contributed by atoms with Gasteiger partial charge in [0.1, 0.15) is 11.5 Å². The molecular weight excluding hydrogens is 833 g/mol. The number of aromatic carboxylic acids is 2. The Labute approximate surface area is 368 Å². The van der Waals surface area contributed by atoms with Gasteiger partial charge >= 0.3 is 25.2 Å². The van der Waals surface area contributed by atoms with E-state index in [4.69, 9.17) is 9.97 Å². The van der Waals surface area contributed by atoms with Gasteiger partial charge in [0.05, 0.1) is 33.2 Å². The number of halogens is 4. The Morgan fingerprint density at radius 3 is 1.28 bits per heavy atom. The topological polar surface area (TPSA) is 153 Å². The van der Waals surface area contributed by atoms with Crippen molar-refractivity contribution in [3.63, 3.8) is 0 Å². The highest BCUT2D eigenvalue weighted by Gasteiger charge is 2.36. The minimum atomic E-state index is -2.88. The fourth-order valence-corrected chi connectivity index (χ4v) is 10.1. The second-order valence-electron chi connectivity index (χ2n) is 18.8. The highest BCUT2D eigenvalue weighted by Crippen LogP contribution is 2.47. The molecule has 2 fully saturated rings. The SMILES string of the molecule is C[C@@H]1C[C@H](n2c(Nc3ccc(OC(F)F)cc3)nc3cc(C(=O)O)ccc32)CC(C)(C)C1.C[C@H]1C[C@@H](n2c(Nc3ccc(OC(F)F)cc3)nc3cc(C(=O)O)ccc32)CC(C)(C)C1. The molecule has 2 heterocycles. The van der Waals surface area contributed by atoms with Crippen molar-refractivity contribution in [3.05, 3.63) is 96.1 Å². The molecule has 2 saturated carbocycles. The van der Waals surface area contributed by atoms with Gasteiger partial charge < -0.3 is 39.5 Å². The summed E-state index contributed by atoms with van der Waals surface area (Å²) >= 11 is 0. The number of aromatic nitrogens is 4. The number of hydrogen-bond donors (Lipinski definition) is 4. The summed E-state index contributed by atoms with van der Waals surface area (Å²) in [5.74, 6) is 0.424. The summed E-state index contributed by atoms with van der Waals surface area (Å²) in [5.41, 5.74) is 4.97. The van der Waals surface area contributed by atoms with Crippen molar-refractivity contribution in [3.8, 4) is 11.5 Å². The second kappa shape index (κ2) is 18.4. The first-order valence-corrected chi connectivity index (χ1v) is 21.4. The number of carboxylic acids is 2. The molecule has 16 heteroatoms. The molecule has 2 aromatic heterocycles.